The Morgan fingerprint density at radius 1 is 1.11 bits per heavy atom. The van der Waals surface area contributed by atoms with E-state index in [-0.39, 0.29) is 0 Å². The van der Waals surface area contributed by atoms with Gasteiger partial charge in [-0.3, -0.25) is 0 Å². The standard InChI is InChI=1S/C14H14BrNO3/c15-12-10-4-2-5-18-13(10)11(7-16-8-17)9-3-1-6-19-14(9)12/h1-7H2. The molecule has 100 valence electrons. The van der Waals surface area contributed by atoms with Crippen molar-refractivity contribution >= 4 is 22.0 Å². The number of aliphatic imine (C=N–C) groups is 1. The van der Waals surface area contributed by atoms with E-state index < -0.39 is 0 Å². The molecule has 2 heterocycles. The van der Waals surface area contributed by atoms with Crippen LogP contribution in [-0.2, 0) is 24.2 Å². The first-order chi connectivity index (χ1) is 9.33. The van der Waals surface area contributed by atoms with Gasteiger partial charge in [0.05, 0.1) is 24.2 Å². The van der Waals surface area contributed by atoms with Gasteiger partial charge in [0.25, 0.3) is 0 Å². The van der Waals surface area contributed by atoms with Crippen LogP contribution in [0.4, 0.5) is 0 Å². The maximum atomic E-state index is 10.4. The molecule has 2 aliphatic heterocycles. The van der Waals surface area contributed by atoms with Crippen LogP contribution in [0.1, 0.15) is 29.5 Å². The second-order valence-electron chi connectivity index (χ2n) is 4.72. The number of rotatable bonds is 2. The van der Waals surface area contributed by atoms with Gasteiger partial charge in [-0.2, -0.15) is 0 Å². The smallest absolute Gasteiger partial charge is 0.235 e. The second-order valence-corrected chi connectivity index (χ2v) is 5.51. The summed E-state index contributed by atoms with van der Waals surface area (Å²) in [6.07, 6.45) is 5.50. The predicted octanol–water partition coefficient (Wildman–Crippen LogP) is 2.93. The highest BCUT2D eigenvalue weighted by Crippen LogP contribution is 2.46. The fourth-order valence-corrected chi connectivity index (χ4v) is 3.49. The molecule has 0 unspecified atom stereocenters. The maximum Gasteiger partial charge on any atom is 0.235 e. The Kier molecular flexibility index (Phi) is 3.58. The molecule has 0 saturated heterocycles. The molecule has 0 bridgehead atoms. The van der Waals surface area contributed by atoms with Crippen LogP contribution in [0.3, 0.4) is 0 Å². The minimum absolute atomic E-state index is 0.324. The van der Waals surface area contributed by atoms with E-state index in [1.54, 1.807) is 6.08 Å². The first kappa shape index (κ1) is 12.7. The monoisotopic (exact) mass is 323 g/mol. The van der Waals surface area contributed by atoms with Gasteiger partial charge in [0, 0.05) is 16.7 Å². The summed E-state index contributed by atoms with van der Waals surface area (Å²) in [4.78, 5) is 14.1. The number of halogens is 1. The van der Waals surface area contributed by atoms with Crippen molar-refractivity contribution < 1.29 is 14.3 Å². The van der Waals surface area contributed by atoms with Crippen molar-refractivity contribution in [1.82, 2.24) is 0 Å². The molecule has 2 aliphatic rings. The van der Waals surface area contributed by atoms with Crippen molar-refractivity contribution in [2.75, 3.05) is 13.2 Å². The molecular formula is C14H14BrNO3. The number of fused-ring (bicyclic) bond motifs is 2. The SMILES string of the molecule is O=C=NCc1c2c(c(Br)c3c1OCCC3)OCCC2. The van der Waals surface area contributed by atoms with Crippen molar-refractivity contribution in [3.8, 4) is 11.5 Å². The number of benzene rings is 1. The quantitative estimate of drug-likeness (QED) is 0.621. The summed E-state index contributed by atoms with van der Waals surface area (Å²) in [7, 11) is 0. The van der Waals surface area contributed by atoms with Crippen LogP contribution in [0.25, 0.3) is 0 Å². The number of carbonyl (C=O) groups excluding carboxylic acids is 1. The molecule has 0 saturated carbocycles. The van der Waals surface area contributed by atoms with Crippen molar-refractivity contribution in [1.29, 1.82) is 0 Å². The van der Waals surface area contributed by atoms with Gasteiger partial charge in [-0.25, -0.2) is 9.79 Å². The Labute approximate surface area is 119 Å². The lowest BCUT2D eigenvalue weighted by molar-refractivity contribution is 0.267. The van der Waals surface area contributed by atoms with E-state index in [0.717, 1.165) is 71.6 Å². The molecule has 5 heteroatoms. The normalized spacial score (nSPS) is 16.5. The molecule has 0 fully saturated rings. The molecule has 3 rings (SSSR count). The van der Waals surface area contributed by atoms with Crippen LogP contribution < -0.4 is 9.47 Å². The minimum Gasteiger partial charge on any atom is -0.493 e. The zero-order valence-electron chi connectivity index (χ0n) is 10.5. The Morgan fingerprint density at radius 2 is 1.79 bits per heavy atom. The molecule has 0 radical (unpaired) electrons. The molecule has 0 aromatic heterocycles. The fraction of sp³-hybridized carbons (Fsp3) is 0.500. The summed E-state index contributed by atoms with van der Waals surface area (Å²) >= 11 is 3.64. The topological polar surface area (TPSA) is 47.9 Å². The number of nitrogens with zero attached hydrogens (tertiary/aromatic N) is 1. The van der Waals surface area contributed by atoms with E-state index in [0.29, 0.717) is 6.54 Å². The average Bonchev–Trinajstić information content (AvgIpc) is 2.47. The molecule has 1 aromatic rings. The Hall–Kier alpha value is -1.32. The second kappa shape index (κ2) is 5.35. The van der Waals surface area contributed by atoms with Crippen LogP contribution >= 0.6 is 15.9 Å². The van der Waals surface area contributed by atoms with Gasteiger partial charge in [0.15, 0.2) is 0 Å². The van der Waals surface area contributed by atoms with Gasteiger partial charge in [-0.15, -0.1) is 0 Å². The van der Waals surface area contributed by atoms with E-state index in [9.17, 15) is 4.79 Å². The van der Waals surface area contributed by atoms with E-state index in [1.807, 2.05) is 0 Å². The van der Waals surface area contributed by atoms with Gasteiger partial charge in [0.1, 0.15) is 11.5 Å². The number of isocyanates is 1. The Morgan fingerprint density at radius 3 is 2.53 bits per heavy atom. The summed E-state index contributed by atoms with van der Waals surface area (Å²) in [5, 5.41) is 0. The molecule has 0 spiro atoms. The first-order valence-corrected chi connectivity index (χ1v) is 7.27. The summed E-state index contributed by atoms with van der Waals surface area (Å²) in [5.41, 5.74) is 3.26. The van der Waals surface area contributed by atoms with E-state index >= 15 is 0 Å². The molecular weight excluding hydrogens is 310 g/mol. The molecule has 4 nitrogen and oxygen atoms in total. The van der Waals surface area contributed by atoms with Crippen molar-refractivity contribution in [2.45, 2.75) is 32.2 Å². The maximum absolute atomic E-state index is 10.4. The van der Waals surface area contributed by atoms with Crippen LogP contribution in [0.5, 0.6) is 11.5 Å². The predicted molar refractivity (Wildman–Crippen MR) is 73.6 cm³/mol. The largest absolute Gasteiger partial charge is 0.493 e. The number of ether oxygens (including phenoxy) is 2. The van der Waals surface area contributed by atoms with E-state index in [1.165, 1.54) is 0 Å². The zero-order chi connectivity index (χ0) is 13.2. The lowest BCUT2D eigenvalue weighted by Gasteiger charge is -2.28. The third-order valence-electron chi connectivity index (χ3n) is 3.59. The van der Waals surface area contributed by atoms with Crippen LogP contribution in [0.2, 0.25) is 0 Å². The molecule has 0 atom stereocenters. The summed E-state index contributed by atoms with van der Waals surface area (Å²) in [5.74, 6) is 1.80. The van der Waals surface area contributed by atoms with Crippen LogP contribution in [0.15, 0.2) is 9.47 Å². The lowest BCUT2D eigenvalue weighted by Crippen LogP contribution is -2.17. The van der Waals surface area contributed by atoms with Gasteiger partial charge in [-0.1, -0.05) is 0 Å². The Balaban J connectivity index is 2.21. The summed E-state index contributed by atoms with van der Waals surface area (Å²) < 4.78 is 12.6. The first-order valence-electron chi connectivity index (χ1n) is 6.48. The van der Waals surface area contributed by atoms with E-state index in [2.05, 4.69) is 20.9 Å². The van der Waals surface area contributed by atoms with Gasteiger partial charge < -0.3 is 9.47 Å². The van der Waals surface area contributed by atoms with Crippen LogP contribution in [0, 0.1) is 0 Å². The van der Waals surface area contributed by atoms with Gasteiger partial charge >= 0.3 is 0 Å². The van der Waals surface area contributed by atoms with E-state index in [4.69, 9.17) is 9.47 Å². The van der Waals surface area contributed by atoms with Crippen molar-refractivity contribution in [3.05, 3.63) is 21.2 Å². The minimum atomic E-state index is 0.324. The van der Waals surface area contributed by atoms with Crippen molar-refractivity contribution in [3.63, 3.8) is 0 Å². The summed E-state index contributed by atoms with van der Waals surface area (Å²) in [6, 6.07) is 0. The molecule has 1 aromatic carbocycles. The van der Waals surface area contributed by atoms with Gasteiger partial charge in [-0.05, 0) is 41.6 Å². The molecule has 19 heavy (non-hydrogen) atoms. The third-order valence-corrected chi connectivity index (χ3v) is 4.43. The molecule has 0 N–H and O–H groups in total. The number of hydrogen-bond acceptors (Lipinski definition) is 4. The fourth-order valence-electron chi connectivity index (χ4n) is 2.76. The molecule has 0 amide bonds. The highest BCUT2D eigenvalue weighted by Gasteiger charge is 2.27. The Bertz CT molecular complexity index is 527. The molecule has 0 aliphatic carbocycles. The highest BCUT2D eigenvalue weighted by molar-refractivity contribution is 9.10. The third kappa shape index (κ3) is 2.17. The average molecular weight is 324 g/mol. The van der Waals surface area contributed by atoms with Gasteiger partial charge in [0.2, 0.25) is 6.08 Å². The zero-order valence-corrected chi connectivity index (χ0v) is 12.1. The summed E-state index contributed by atoms with van der Waals surface area (Å²) in [6.45, 7) is 1.78. The van der Waals surface area contributed by atoms with Crippen molar-refractivity contribution in [2.24, 2.45) is 4.99 Å². The number of hydrogen-bond donors (Lipinski definition) is 0. The highest BCUT2D eigenvalue weighted by atomic mass is 79.9. The van der Waals surface area contributed by atoms with Crippen LogP contribution in [-0.4, -0.2) is 19.3 Å². The lowest BCUT2D eigenvalue weighted by atomic mass is 9.93.